The van der Waals surface area contributed by atoms with Gasteiger partial charge < -0.3 is 10.6 Å². The van der Waals surface area contributed by atoms with Crippen LogP contribution in [0.2, 0.25) is 0 Å². The maximum absolute atomic E-state index is 11.8. The van der Waals surface area contributed by atoms with Crippen molar-refractivity contribution in [1.82, 2.24) is 15.5 Å². The molecular weight excluding hydrogens is 384 g/mol. The van der Waals surface area contributed by atoms with Gasteiger partial charge in [-0.05, 0) is 56.2 Å². The van der Waals surface area contributed by atoms with Crippen LogP contribution < -0.4 is 10.6 Å². The minimum atomic E-state index is -3.19. The quantitative estimate of drug-likeness (QED) is 0.545. The van der Waals surface area contributed by atoms with Gasteiger partial charge in [0.15, 0.2) is 15.8 Å². The number of piperidine rings is 1. The number of guanidine groups is 1. The Labute approximate surface area is 177 Å². The fraction of sp³-hybridized carbons (Fsp3) is 0.682. The summed E-state index contributed by atoms with van der Waals surface area (Å²) in [7, 11) is -1.42. The van der Waals surface area contributed by atoms with Crippen molar-refractivity contribution >= 4 is 15.8 Å². The Morgan fingerprint density at radius 3 is 2.34 bits per heavy atom. The summed E-state index contributed by atoms with van der Waals surface area (Å²) in [5.74, 6) is 2.21. The first-order chi connectivity index (χ1) is 13.4. The lowest BCUT2D eigenvalue weighted by molar-refractivity contribution is 0.0483. The number of rotatable bonds is 6. The van der Waals surface area contributed by atoms with Gasteiger partial charge in [-0.15, -0.1) is 0 Å². The lowest BCUT2D eigenvalue weighted by Crippen LogP contribution is -2.57. The monoisotopic (exact) mass is 422 g/mol. The number of likely N-dealkylation sites (tertiary alicyclic amines) is 1. The van der Waals surface area contributed by atoms with Crippen LogP contribution in [0.15, 0.2) is 28.1 Å². The summed E-state index contributed by atoms with van der Waals surface area (Å²) in [6.45, 7) is 14.7. The van der Waals surface area contributed by atoms with Crippen molar-refractivity contribution in [3.63, 3.8) is 0 Å². The summed E-state index contributed by atoms with van der Waals surface area (Å²) in [5.41, 5.74) is 1.83. The molecule has 1 fully saturated rings. The van der Waals surface area contributed by atoms with Gasteiger partial charge in [-0.1, -0.05) is 26.0 Å². The second-order valence-corrected chi connectivity index (χ2v) is 11.3. The summed E-state index contributed by atoms with van der Waals surface area (Å²) in [6, 6.07) is 5.45. The summed E-state index contributed by atoms with van der Waals surface area (Å²) in [4.78, 5) is 7.31. The Bertz CT molecular complexity index is 823. The van der Waals surface area contributed by atoms with Gasteiger partial charge in [0, 0.05) is 45.0 Å². The van der Waals surface area contributed by atoms with Crippen molar-refractivity contribution in [1.29, 1.82) is 0 Å². The predicted octanol–water partition coefficient (Wildman–Crippen LogP) is 2.82. The standard InChI is InChI=1S/C22H38N4O2S/c1-16-10-17(2)14-26(13-16)22(4,5)15-25-21(23-6)24-12-19-8-9-20(18(3)11-19)29(7,27)28/h8-9,11,16-17H,10,12-15H2,1-7H3,(H2,23,24,25). The molecule has 2 rings (SSSR count). The Hall–Kier alpha value is -1.60. The van der Waals surface area contributed by atoms with Crippen LogP contribution in [0.4, 0.5) is 0 Å². The molecule has 0 amide bonds. The zero-order valence-corrected chi connectivity index (χ0v) is 19.9. The molecule has 6 nitrogen and oxygen atoms in total. The van der Waals surface area contributed by atoms with Crippen LogP contribution >= 0.6 is 0 Å². The van der Waals surface area contributed by atoms with Crippen LogP contribution in [0.3, 0.4) is 0 Å². The van der Waals surface area contributed by atoms with E-state index in [1.807, 2.05) is 19.1 Å². The molecule has 0 bridgehead atoms. The molecule has 1 aliphatic heterocycles. The fourth-order valence-electron chi connectivity index (χ4n) is 4.21. The molecule has 0 spiro atoms. The van der Waals surface area contributed by atoms with Crippen molar-refractivity contribution < 1.29 is 8.42 Å². The average Bonchev–Trinajstić information content (AvgIpc) is 2.60. The first kappa shape index (κ1) is 23.7. The van der Waals surface area contributed by atoms with E-state index in [1.54, 1.807) is 13.1 Å². The van der Waals surface area contributed by atoms with E-state index in [1.165, 1.54) is 12.7 Å². The number of aryl methyl sites for hydroxylation is 1. The number of nitrogens with one attached hydrogen (secondary N) is 2. The molecule has 7 heteroatoms. The van der Waals surface area contributed by atoms with Gasteiger partial charge >= 0.3 is 0 Å². The second kappa shape index (κ2) is 9.47. The van der Waals surface area contributed by atoms with E-state index in [0.29, 0.717) is 11.4 Å². The van der Waals surface area contributed by atoms with Crippen molar-refractivity contribution in [2.75, 3.05) is 32.9 Å². The van der Waals surface area contributed by atoms with Crippen molar-refractivity contribution in [3.05, 3.63) is 29.3 Å². The number of aliphatic imine (C=N–C) groups is 1. The van der Waals surface area contributed by atoms with Gasteiger partial charge in [0.2, 0.25) is 0 Å². The van der Waals surface area contributed by atoms with E-state index in [9.17, 15) is 8.42 Å². The normalized spacial score (nSPS) is 21.8. The van der Waals surface area contributed by atoms with Gasteiger partial charge in [0.05, 0.1) is 4.90 Å². The van der Waals surface area contributed by atoms with E-state index in [4.69, 9.17) is 0 Å². The molecular formula is C22H38N4O2S. The highest BCUT2D eigenvalue weighted by molar-refractivity contribution is 7.90. The number of benzene rings is 1. The van der Waals surface area contributed by atoms with E-state index < -0.39 is 9.84 Å². The van der Waals surface area contributed by atoms with Crippen LogP contribution in [0.25, 0.3) is 0 Å². The molecule has 29 heavy (non-hydrogen) atoms. The van der Waals surface area contributed by atoms with Gasteiger partial charge in [0.25, 0.3) is 0 Å². The summed E-state index contributed by atoms with van der Waals surface area (Å²) in [6.07, 6.45) is 2.55. The summed E-state index contributed by atoms with van der Waals surface area (Å²) in [5, 5.41) is 6.79. The highest BCUT2D eigenvalue weighted by Crippen LogP contribution is 2.26. The Morgan fingerprint density at radius 1 is 1.21 bits per heavy atom. The van der Waals surface area contributed by atoms with Gasteiger partial charge in [-0.2, -0.15) is 0 Å². The smallest absolute Gasteiger partial charge is 0.191 e. The van der Waals surface area contributed by atoms with Crippen LogP contribution in [-0.4, -0.2) is 57.8 Å². The molecule has 1 saturated heterocycles. The topological polar surface area (TPSA) is 73.8 Å². The molecule has 0 radical (unpaired) electrons. The molecule has 1 heterocycles. The zero-order chi connectivity index (χ0) is 21.8. The molecule has 0 aliphatic carbocycles. The van der Waals surface area contributed by atoms with E-state index >= 15 is 0 Å². The first-order valence-corrected chi connectivity index (χ1v) is 12.3. The van der Waals surface area contributed by atoms with Crippen LogP contribution in [0.1, 0.15) is 45.2 Å². The molecule has 0 aromatic heterocycles. The second-order valence-electron chi connectivity index (χ2n) is 9.31. The third-order valence-corrected chi connectivity index (χ3v) is 6.99. The Balaban J connectivity index is 1.93. The van der Waals surface area contributed by atoms with Crippen LogP contribution in [-0.2, 0) is 16.4 Å². The molecule has 1 aromatic carbocycles. The molecule has 2 unspecified atom stereocenters. The lowest BCUT2D eigenvalue weighted by Gasteiger charge is -2.45. The molecule has 1 aliphatic rings. The summed E-state index contributed by atoms with van der Waals surface area (Å²) >= 11 is 0. The minimum Gasteiger partial charge on any atom is -0.355 e. The van der Waals surface area contributed by atoms with E-state index in [-0.39, 0.29) is 5.54 Å². The van der Waals surface area contributed by atoms with Crippen LogP contribution in [0.5, 0.6) is 0 Å². The third-order valence-electron chi connectivity index (χ3n) is 5.74. The number of nitrogens with zero attached hydrogens (tertiary/aromatic N) is 2. The van der Waals surface area contributed by atoms with E-state index in [0.717, 1.165) is 48.6 Å². The van der Waals surface area contributed by atoms with Gasteiger partial charge in [0.1, 0.15) is 0 Å². The Morgan fingerprint density at radius 2 is 1.83 bits per heavy atom. The fourth-order valence-corrected chi connectivity index (χ4v) is 5.17. The predicted molar refractivity (Wildman–Crippen MR) is 121 cm³/mol. The number of sulfone groups is 1. The van der Waals surface area contributed by atoms with Crippen molar-refractivity contribution in [2.24, 2.45) is 16.8 Å². The van der Waals surface area contributed by atoms with Crippen molar-refractivity contribution in [2.45, 2.75) is 58.0 Å². The zero-order valence-electron chi connectivity index (χ0n) is 19.0. The van der Waals surface area contributed by atoms with E-state index in [2.05, 4.69) is 48.2 Å². The molecule has 1 aromatic rings. The molecule has 0 saturated carbocycles. The number of hydrogen-bond donors (Lipinski definition) is 2. The third kappa shape index (κ3) is 6.71. The lowest BCUT2D eigenvalue weighted by atomic mass is 9.88. The van der Waals surface area contributed by atoms with Gasteiger partial charge in [-0.25, -0.2) is 8.42 Å². The number of hydrogen-bond acceptors (Lipinski definition) is 4. The summed E-state index contributed by atoms with van der Waals surface area (Å²) < 4.78 is 23.6. The maximum Gasteiger partial charge on any atom is 0.191 e. The minimum absolute atomic E-state index is 0.0360. The molecule has 2 N–H and O–H groups in total. The average molecular weight is 423 g/mol. The highest BCUT2D eigenvalue weighted by Gasteiger charge is 2.32. The van der Waals surface area contributed by atoms with Gasteiger partial charge in [-0.3, -0.25) is 9.89 Å². The maximum atomic E-state index is 11.8. The Kier molecular flexibility index (Phi) is 7.74. The van der Waals surface area contributed by atoms with Crippen molar-refractivity contribution in [3.8, 4) is 0 Å². The SMILES string of the molecule is CN=C(NCc1ccc(S(C)(=O)=O)c(C)c1)NCC(C)(C)N1CC(C)CC(C)C1. The largest absolute Gasteiger partial charge is 0.355 e. The van der Waals surface area contributed by atoms with Crippen LogP contribution in [0, 0.1) is 18.8 Å². The molecule has 2 atom stereocenters. The first-order valence-electron chi connectivity index (χ1n) is 10.4. The highest BCUT2D eigenvalue weighted by atomic mass is 32.2. The molecule has 164 valence electrons.